The largest absolute Gasteiger partial charge is 0.489 e. The first-order chi connectivity index (χ1) is 8.93. The minimum Gasteiger partial charge on any atom is -0.489 e. The molecule has 2 nitrogen and oxygen atoms in total. The van der Waals surface area contributed by atoms with Crippen molar-refractivity contribution in [3.8, 4) is 5.75 Å². The fourth-order valence-electron chi connectivity index (χ4n) is 3.50. The van der Waals surface area contributed by atoms with Crippen LogP contribution in [0.1, 0.15) is 43.6 Å². The monoisotopic (exact) mass is 239 g/mol. The maximum absolute atomic E-state index is 6.28. The topological polar surface area (TPSA) is 22.1 Å². The zero-order valence-corrected chi connectivity index (χ0v) is 10.4. The Balaban J connectivity index is 1.88. The minimum atomic E-state index is 0.418. The number of fused-ring (bicyclic) bond motifs is 5. The molecule has 4 rings (SSSR count). The van der Waals surface area contributed by atoms with E-state index < -0.39 is 0 Å². The number of aromatic nitrogens is 1. The van der Waals surface area contributed by atoms with Gasteiger partial charge in [-0.15, -0.1) is 0 Å². The van der Waals surface area contributed by atoms with E-state index in [9.17, 15) is 0 Å². The van der Waals surface area contributed by atoms with Crippen LogP contribution in [0.2, 0.25) is 0 Å². The summed E-state index contributed by atoms with van der Waals surface area (Å²) in [5.41, 5.74) is 1.43. The van der Waals surface area contributed by atoms with E-state index >= 15 is 0 Å². The second-order valence-electron chi connectivity index (χ2n) is 5.48. The van der Waals surface area contributed by atoms with E-state index in [0.717, 1.165) is 5.75 Å². The molecule has 1 aromatic carbocycles. The first-order valence-corrected chi connectivity index (χ1v) is 6.97. The van der Waals surface area contributed by atoms with Crippen LogP contribution in [0.15, 0.2) is 30.6 Å². The van der Waals surface area contributed by atoms with Gasteiger partial charge in [-0.05, 0) is 25.3 Å². The normalized spacial score (nSPS) is 26.2. The van der Waals surface area contributed by atoms with Crippen LogP contribution in [0.25, 0.3) is 10.8 Å². The number of hydrogen-bond donors (Lipinski definition) is 0. The molecule has 2 atom stereocenters. The summed E-state index contributed by atoms with van der Waals surface area (Å²) in [6.07, 6.45) is 10.7. The highest BCUT2D eigenvalue weighted by molar-refractivity contribution is 5.89. The predicted molar refractivity (Wildman–Crippen MR) is 72.0 cm³/mol. The summed E-state index contributed by atoms with van der Waals surface area (Å²) in [7, 11) is 0. The van der Waals surface area contributed by atoms with Gasteiger partial charge in [0.1, 0.15) is 11.9 Å². The van der Waals surface area contributed by atoms with Gasteiger partial charge in [-0.25, -0.2) is 0 Å². The molecule has 18 heavy (non-hydrogen) atoms. The summed E-state index contributed by atoms with van der Waals surface area (Å²) in [5.74, 6) is 1.76. The van der Waals surface area contributed by atoms with Gasteiger partial charge in [-0.2, -0.15) is 0 Å². The molecule has 0 saturated heterocycles. The zero-order valence-electron chi connectivity index (χ0n) is 10.4. The molecule has 2 aromatic rings. The molecule has 1 fully saturated rings. The van der Waals surface area contributed by atoms with E-state index in [1.807, 2.05) is 12.4 Å². The maximum atomic E-state index is 6.28. The lowest BCUT2D eigenvalue weighted by molar-refractivity contribution is 0.198. The van der Waals surface area contributed by atoms with Gasteiger partial charge in [0.15, 0.2) is 0 Å². The lowest BCUT2D eigenvalue weighted by atomic mass is 9.90. The quantitative estimate of drug-likeness (QED) is 0.692. The highest BCUT2D eigenvalue weighted by atomic mass is 16.5. The Hall–Kier alpha value is -1.57. The van der Waals surface area contributed by atoms with Crippen molar-refractivity contribution in [3.63, 3.8) is 0 Å². The van der Waals surface area contributed by atoms with Crippen molar-refractivity contribution in [2.45, 2.75) is 44.1 Å². The maximum Gasteiger partial charge on any atom is 0.131 e. The van der Waals surface area contributed by atoms with Crippen molar-refractivity contribution >= 4 is 10.8 Å². The molecule has 1 saturated carbocycles. The molecule has 2 heteroatoms. The molecule has 0 spiro atoms. The number of pyridine rings is 1. The molecule has 1 aliphatic heterocycles. The molecule has 0 N–H and O–H groups in total. The smallest absolute Gasteiger partial charge is 0.131 e. The molecule has 0 radical (unpaired) electrons. The molecular weight excluding hydrogens is 222 g/mol. The molecule has 0 amide bonds. The standard InChI is InChI=1S/C16H17NO/c1-2-4-13-14-7-6-11-10-17-9-8-12(11)16(14)18-15(13)5-3-1/h6-10,13,15H,1-5H2/t13-,15-/m0/s1. The average molecular weight is 239 g/mol. The predicted octanol–water partition coefficient (Wildman–Crippen LogP) is 4.04. The van der Waals surface area contributed by atoms with E-state index in [1.165, 1.54) is 48.4 Å². The van der Waals surface area contributed by atoms with Crippen molar-refractivity contribution in [1.29, 1.82) is 0 Å². The number of benzene rings is 1. The fourth-order valence-corrected chi connectivity index (χ4v) is 3.50. The van der Waals surface area contributed by atoms with Crippen molar-refractivity contribution in [3.05, 3.63) is 36.2 Å². The van der Waals surface area contributed by atoms with Crippen molar-refractivity contribution < 1.29 is 4.74 Å². The molecule has 0 bridgehead atoms. The van der Waals surface area contributed by atoms with Gasteiger partial charge in [0.2, 0.25) is 0 Å². The van der Waals surface area contributed by atoms with Crippen LogP contribution in [-0.4, -0.2) is 11.1 Å². The van der Waals surface area contributed by atoms with Crippen LogP contribution in [0.5, 0.6) is 5.75 Å². The van der Waals surface area contributed by atoms with E-state index in [2.05, 4.69) is 23.2 Å². The third-order valence-corrected chi connectivity index (χ3v) is 4.42. The molecule has 92 valence electrons. The Labute approximate surface area is 107 Å². The SMILES string of the molecule is c1cc2c3c(ccc2cn1)[C@@H]1CCCCC[C@@H]1O3. The van der Waals surface area contributed by atoms with Crippen molar-refractivity contribution in [2.24, 2.45) is 0 Å². The number of ether oxygens (including phenoxy) is 1. The van der Waals surface area contributed by atoms with Crippen molar-refractivity contribution in [2.75, 3.05) is 0 Å². The number of nitrogens with zero attached hydrogens (tertiary/aromatic N) is 1. The summed E-state index contributed by atoms with van der Waals surface area (Å²) < 4.78 is 6.28. The molecular formula is C16H17NO. The second kappa shape index (κ2) is 3.98. The third-order valence-electron chi connectivity index (χ3n) is 4.42. The van der Waals surface area contributed by atoms with Gasteiger partial charge >= 0.3 is 0 Å². The summed E-state index contributed by atoms with van der Waals surface area (Å²) in [5, 5.41) is 2.42. The molecule has 2 aliphatic rings. The highest BCUT2D eigenvalue weighted by Gasteiger charge is 2.35. The van der Waals surface area contributed by atoms with Crippen molar-refractivity contribution in [1.82, 2.24) is 4.98 Å². The van der Waals surface area contributed by atoms with Gasteiger partial charge in [-0.3, -0.25) is 4.98 Å². The lowest BCUT2D eigenvalue weighted by Crippen LogP contribution is -2.16. The lowest BCUT2D eigenvalue weighted by Gasteiger charge is -2.14. The van der Waals surface area contributed by atoms with Gasteiger partial charge in [0.05, 0.1) is 0 Å². The Bertz CT molecular complexity index is 593. The molecule has 1 aliphatic carbocycles. The summed E-state index contributed by atoms with van der Waals surface area (Å²) in [6, 6.07) is 6.53. The van der Waals surface area contributed by atoms with Crippen LogP contribution in [0.3, 0.4) is 0 Å². The summed E-state index contributed by atoms with van der Waals surface area (Å²) >= 11 is 0. The first-order valence-electron chi connectivity index (χ1n) is 6.97. The summed E-state index contributed by atoms with van der Waals surface area (Å²) in [6.45, 7) is 0. The van der Waals surface area contributed by atoms with Gasteiger partial charge in [-0.1, -0.05) is 25.0 Å². The van der Waals surface area contributed by atoms with Crippen LogP contribution >= 0.6 is 0 Å². The van der Waals surface area contributed by atoms with E-state index in [1.54, 1.807) is 0 Å². The molecule has 0 unspecified atom stereocenters. The fraction of sp³-hybridized carbons (Fsp3) is 0.438. The zero-order chi connectivity index (χ0) is 11.9. The van der Waals surface area contributed by atoms with Crippen LogP contribution in [0.4, 0.5) is 0 Å². The average Bonchev–Trinajstić information content (AvgIpc) is 2.61. The Morgan fingerprint density at radius 1 is 1.06 bits per heavy atom. The van der Waals surface area contributed by atoms with E-state index in [4.69, 9.17) is 4.74 Å². The van der Waals surface area contributed by atoms with Gasteiger partial charge in [0, 0.05) is 34.6 Å². The van der Waals surface area contributed by atoms with Crippen LogP contribution in [-0.2, 0) is 0 Å². The van der Waals surface area contributed by atoms with Crippen LogP contribution < -0.4 is 4.74 Å². The molecule has 1 aromatic heterocycles. The van der Waals surface area contributed by atoms with E-state index in [-0.39, 0.29) is 0 Å². The Morgan fingerprint density at radius 3 is 3.00 bits per heavy atom. The molecule has 2 heterocycles. The Morgan fingerprint density at radius 2 is 2.00 bits per heavy atom. The minimum absolute atomic E-state index is 0.418. The number of hydrogen-bond acceptors (Lipinski definition) is 2. The summed E-state index contributed by atoms with van der Waals surface area (Å²) in [4.78, 5) is 4.19. The number of rotatable bonds is 0. The van der Waals surface area contributed by atoms with Gasteiger partial charge in [0.25, 0.3) is 0 Å². The first kappa shape index (κ1) is 10.4. The van der Waals surface area contributed by atoms with Gasteiger partial charge < -0.3 is 4.74 Å². The Kier molecular flexibility index (Phi) is 2.29. The van der Waals surface area contributed by atoms with Crippen LogP contribution in [0, 0.1) is 0 Å². The van der Waals surface area contributed by atoms with E-state index in [0.29, 0.717) is 12.0 Å². The highest BCUT2D eigenvalue weighted by Crippen LogP contribution is 2.47. The third kappa shape index (κ3) is 1.45. The second-order valence-corrected chi connectivity index (χ2v) is 5.48.